The van der Waals surface area contributed by atoms with Crippen molar-refractivity contribution in [3.05, 3.63) is 13.8 Å². The van der Waals surface area contributed by atoms with Gasteiger partial charge in [0.05, 0.1) is 0 Å². The first-order chi connectivity index (χ1) is 3.41. The van der Waals surface area contributed by atoms with Gasteiger partial charge in [0, 0.05) is 41.1 Å². The van der Waals surface area contributed by atoms with Crippen LogP contribution in [0.15, 0.2) is 0 Å². The van der Waals surface area contributed by atoms with Gasteiger partial charge in [0.2, 0.25) is 0 Å². The van der Waals surface area contributed by atoms with Crippen LogP contribution in [0.25, 0.3) is 0 Å². The van der Waals surface area contributed by atoms with E-state index in [0.717, 1.165) is 0 Å². The zero-order chi connectivity index (χ0) is 6.71. The zero-order valence-corrected chi connectivity index (χ0v) is 11.6. The molecule has 0 atom stereocenters. The largest absolute Gasteiger partial charge is 0.358 e. The Bertz CT molecular complexity index is 9.22. The second-order valence-corrected chi connectivity index (χ2v) is 0.577. The van der Waals surface area contributed by atoms with Crippen LogP contribution < -0.4 is 0 Å². The zero-order valence-electron chi connectivity index (χ0n) is 8.73. The van der Waals surface area contributed by atoms with Gasteiger partial charge in [-0.15, -0.1) is 0 Å². The molecule has 0 nitrogen and oxygen atoms in total. The van der Waals surface area contributed by atoms with Gasteiger partial charge in [-0.3, -0.25) is 0 Å². The summed E-state index contributed by atoms with van der Waals surface area (Å²) < 4.78 is 0. The second kappa shape index (κ2) is 182. The average Bonchev–Trinajstić information content (AvgIpc) is 1.78. The van der Waals surface area contributed by atoms with E-state index in [2.05, 4.69) is 0 Å². The van der Waals surface area contributed by atoms with E-state index in [9.17, 15) is 0 Å². The van der Waals surface area contributed by atoms with Gasteiger partial charge in [-0.05, 0) is 0 Å². The Morgan fingerprint density at radius 2 is 0.800 bits per heavy atom. The Morgan fingerprint density at radius 1 is 0.800 bits per heavy atom. The molecule has 4 radical (unpaired) electrons. The molecule has 0 saturated carbocycles. The van der Waals surface area contributed by atoms with Crippen molar-refractivity contribution in [2.45, 2.75) is 41.5 Å². The smallest absolute Gasteiger partial charge is 0 e. The fourth-order valence-electron chi connectivity index (χ4n) is 0. The fraction of sp³-hybridized carbons (Fsp3) is 0.750. The van der Waals surface area contributed by atoms with Crippen molar-refractivity contribution < 1.29 is 32.7 Å². The van der Waals surface area contributed by atoms with E-state index in [0.29, 0.717) is 0 Å². The van der Waals surface area contributed by atoms with Crippen LogP contribution in [0, 0.1) is 13.8 Å². The Hall–Kier alpha value is 1.17. The molecule has 2 heteroatoms. The Morgan fingerprint density at radius 3 is 0.800 bits per heavy atom. The average molecular weight is 218 g/mol. The van der Waals surface area contributed by atoms with E-state index in [1.165, 1.54) is 0 Å². The van der Waals surface area contributed by atoms with Gasteiger partial charge in [-0.2, -0.15) is 13.8 Å². The van der Waals surface area contributed by atoms with Crippen molar-refractivity contribution in [2.75, 3.05) is 0 Å². The minimum atomic E-state index is 0. The number of hydrogen-bond acceptors (Lipinski definition) is 0. The Kier molecular flexibility index (Phi) is 786. The fourth-order valence-corrected chi connectivity index (χ4v) is 0. The molecule has 0 aliphatic rings. The topological polar surface area (TPSA) is 0 Å². The Labute approximate surface area is 96.0 Å². The molecule has 0 rings (SSSR count). The van der Waals surface area contributed by atoms with Gasteiger partial charge in [-0.25, -0.2) is 0 Å². The van der Waals surface area contributed by atoms with Crippen molar-refractivity contribution in [1.29, 1.82) is 0 Å². The molecule has 0 bridgehead atoms. The molecular formula is C8H22BY-2. The third-order valence-corrected chi connectivity index (χ3v) is 0. The molecule has 0 fully saturated rings. The third-order valence-electron chi connectivity index (χ3n) is 0. The van der Waals surface area contributed by atoms with Crippen LogP contribution in [-0.2, 0) is 32.7 Å². The van der Waals surface area contributed by atoms with Gasteiger partial charge < -0.3 is 13.8 Å². The summed E-state index contributed by atoms with van der Waals surface area (Å²) >= 11 is 0. The van der Waals surface area contributed by atoms with Gasteiger partial charge in [0.15, 0.2) is 0 Å². The summed E-state index contributed by atoms with van der Waals surface area (Å²) in [6, 6.07) is 0. The molecule has 0 aromatic heterocycles. The minimum absolute atomic E-state index is 0. The molecule has 0 N–H and O–H groups in total. The van der Waals surface area contributed by atoms with Crippen molar-refractivity contribution in [1.82, 2.24) is 0 Å². The first-order valence-corrected chi connectivity index (χ1v) is 3.15. The molecule has 0 saturated heterocycles. The van der Waals surface area contributed by atoms with Crippen molar-refractivity contribution >= 4 is 8.41 Å². The molecule has 62 valence electrons. The van der Waals surface area contributed by atoms with Crippen LogP contribution >= 0.6 is 0 Å². The van der Waals surface area contributed by atoms with Crippen LogP contribution in [-0.4, -0.2) is 8.41 Å². The van der Waals surface area contributed by atoms with E-state index in [1.54, 1.807) is 0 Å². The molecule has 0 aromatic rings. The predicted octanol–water partition coefficient (Wildman–Crippen LogP) is 3.35. The van der Waals surface area contributed by atoms with Crippen LogP contribution in [0.4, 0.5) is 0 Å². The minimum Gasteiger partial charge on any atom is -0.358 e. The maximum atomic E-state index is 2.00. The van der Waals surface area contributed by atoms with E-state index >= 15 is 0 Å². The van der Waals surface area contributed by atoms with Crippen LogP contribution in [0.3, 0.4) is 0 Å². The molecule has 0 aromatic carbocycles. The van der Waals surface area contributed by atoms with Crippen LogP contribution in [0.1, 0.15) is 41.5 Å². The summed E-state index contributed by atoms with van der Waals surface area (Å²) in [6.07, 6.45) is 2.00. The summed E-state index contributed by atoms with van der Waals surface area (Å²) in [7, 11) is 0. The van der Waals surface area contributed by atoms with Crippen molar-refractivity contribution in [2.24, 2.45) is 0 Å². The summed E-state index contributed by atoms with van der Waals surface area (Å²) in [6.45, 7) is 12.0. The van der Waals surface area contributed by atoms with Crippen LogP contribution in [0.2, 0.25) is 0 Å². The third kappa shape index (κ3) is 448. The maximum Gasteiger partial charge on any atom is 0 e. The predicted molar refractivity (Wildman–Crippen MR) is 50.5 cm³/mol. The SMILES string of the molecule is CC.CC.C[CH-]C.[B].[CH3-].[Y]. The summed E-state index contributed by atoms with van der Waals surface area (Å²) in [5.74, 6) is 0. The van der Waals surface area contributed by atoms with E-state index in [4.69, 9.17) is 0 Å². The first kappa shape index (κ1) is 43.2. The maximum absolute atomic E-state index is 2.00. The van der Waals surface area contributed by atoms with E-state index < -0.39 is 0 Å². The molecule has 0 aliphatic carbocycles. The molecule has 10 heavy (non-hydrogen) atoms. The second-order valence-electron chi connectivity index (χ2n) is 0.577. The molecule has 0 spiro atoms. The van der Waals surface area contributed by atoms with Gasteiger partial charge in [0.1, 0.15) is 0 Å². The standard InChI is InChI=1S/C3H7.2C2H6.CH3.B.Y/c1-3-2;2*1-2;;;/h3H,1-2H3;2*1-2H3;1H3;;/q-1;;;-1;;. The van der Waals surface area contributed by atoms with Gasteiger partial charge >= 0.3 is 0 Å². The molecular weight excluding hydrogens is 196 g/mol. The number of rotatable bonds is 0. The molecule has 0 aliphatic heterocycles. The van der Waals surface area contributed by atoms with Crippen LogP contribution in [0.5, 0.6) is 0 Å². The quantitative estimate of drug-likeness (QED) is 0.432. The van der Waals surface area contributed by atoms with Crippen molar-refractivity contribution in [3.63, 3.8) is 0 Å². The van der Waals surface area contributed by atoms with E-state index in [-0.39, 0.29) is 48.5 Å². The van der Waals surface area contributed by atoms with Gasteiger partial charge in [-0.1, -0.05) is 27.7 Å². The van der Waals surface area contributed by atoms with Crippen molar-refractivity contribution in [3.8, 4) is 0 Å². The number of hydrogen-bond donors (Lipinski definition) is 0. The van der Waals surface area contributed by atoms with E-state index in [1.807, 2.05) is 48.0 Å². The Balaban J connectivity index is -0.00000000536. The molecule has 0 amide bonds. The normalized spacial score (nSPS) is 3.00. The van der Waals surface area contributed by atoms with Gasteiger partial charge in [0.25, 0.3) is 0 Å². The first-order valence-electron chi connectivity index (χ1n) is 3.15. The molecule has 0 unspecified atom stereocenters. The monoisotopic (exact) mass is 218 g/mol. The molecule has 0 heterocycles. The summed E-state index contributed by atoms with van der Waals surface area (Å²) in [4.78, 5) is 0. The summed E-state index contributed by atoms with van der Waals surface area (Å²) in [5.41, 5.74) is 0. The summed E-state index contributed by atoms with van der Waals surface area (Å²) in [5, 5.41) is 0.